The molecule has 0 radical (unpaired) electrons. The molecule has 1 heterocycles. The van der Waals surface area contributed by atoms with E-state index in [0.717, 1.165) is 21.8 Å². The lowest BCUT2D eigenvalue weighted by Crippen LogP contribution is -2.06. The molecule has 0 amide bonds. The standard InChI is InChI=1S/C17H14ClN3/c1-21-10-9-16(15-8-7-14(18)11-17(15)21)20-19-12-13-5-3-2-4-6-13/h2-12H,1H3/b19-12+,20-16+. The highest BCUT2D eigenvalue weighted by molar-refractivity contribution is 6.31. The maximum Gasteiger partial charge on any atom is 0.0964 e. The fourth-order valence-electron chi connectivity index (χ4n) is 2.15. The highest BCUT2D eigenvalue weighted by atomic mass is 35.5. The van der Waals surface area contributed by atoms with Crippen LogP contribution in [-0.2, 0) is 7.05 Å². The van der Waals surface area contributed by atoms with Gasteiger partial charge in [-0.05, 0) is 29.8 Å². The molecular formula is C17H14ClN3. The zero-order chi connectivity index (χ0) is 14.7. The number of hydrogen-bond acceptors (Lipinski definition) is 2. The van der Waals surface area contributed by atoms with Gasteiger partial charge in [-0.25, -0.2) is 0 Å². The van der Waals surface area contributed by atoms with Gasteiger partial charge < -0.3 is 4.57 Å². The molecule has 0 aliphatic heterocycles. The van der Waals surface area contributed by atoms with Crippen molar-refractivity contribution in [2.45, 2.75) is 0 Å². The minimum absolute atomic E-state index is 0.711. The van der Waals surface area contributed by atoms with Gasteiger partial charge in [0.1, 0.15) is 0 Å². The second-order valence-corrected chi connectivity index (χ2v) is 5.17. The average molecular weight is 296 g/mol. The molecule has 2 aromatic carbocycles. The van der Waals surface area contributed by atoms with Gasteiger partial charge in [0.25, 0.3) is 0 Å². The molecule has 1 aromatic heterocycles. The summed E-state index contributed by atoms with van der Waals surface area (Å²) in [7, 11) is 1.98. The largest absolute Gasteiger partial charge is 0.350 e. The van der Waals surface area contributed by atoms with Gasteiger partial charge in [0, 0.05) is 23.7 Å². The molecule has 0 spiro atoms. The van der Waals surface area contributed by atoms with E-state index in [2.05, 4.69) is 10.2 Å². The Morgan fingerprint density at radius 3 is 2.67 bits per heavy atom. The summed E-state index contributed by atoms with van der Waals surface area (Å²) >= 11 is 6.05. The number of rotatable bonds is 2. The highest BCUT2D eigenvalue weighted by Crippen LogP contribution is 2.15. The third-order valence-electron chi connectivity index (χ3n) is 3.24. The summed E-state index contributed by atoms with van der Waals surface area (Å²) in [6, 6.07) is 17.6. The minimum Gasteiger partial charge on any atom is -0.350 e. The maximum absolute atomic E-state index is 6.05. The van der Waals surface area contributed by atoms with Crippen LogP contribution >= 0.6 is 11.6 Å². The third kappa shape index (κ3) is 3.03. The second-order valence-electron chi connectivity index (χ2n) is 4.73. The van der Waals surface area contributed by atoms with Gasteiger partial charge in [0.2, 0.25) is 0 Å². The number of fused-ring (bicyclic) bond motifs is 1. The van der Waals surface area contributed by atoms with Gasteiger partial charge in [-0.1, -0.05) is 41.9 Å². The Kier molecular flexibility index (Phi) is 3.84. The second kappa shape index (κ2) is 5.94. The molecule has 3 rings (SSSR count). The lowest BCUT2D eigenvalue weighted by Gasteiger charge is -2.05. The monoisotopic (exact) mass is 295 g/mol. The first-order chi connectivity index (χ1) is 10.2. The van der Waals surface area contributed by atoms with E-state index >= 15 is 0 Å². The van der Waals surface area contributed by atoms with Gasteiger partial charge in [-0.2, -0.15) is 10.2 Å². The first kappa shape index (κ1) is 13.6. The van der Waals surface area contributed by atoms with E-state index in [1.807, 2.05) is 72.4 Å². The van der Waals surface area contributed by atoms with Crippen molar-refractivity contribution in [1.82, 2.24) is 4.57 Å². The van der Waals surface area contributed by atoms with Gasteiger partial charge >= 0.3 is 0 Å². The Labute approximate surface area is 127 Å². The molecule has 0 aliphatic carbocycles. The van der Waals surface area contributed by atoms with Crippen molar-refractivity contribution < 1.29 is 0 Å². The zero-order valence-electron chi connectivity index (χ0n) is 11.6. The van der Waals surface area contributed by atoms with Crippen LogP contribution < -0.4 is 5.36 Å². The molecule has 3 aromatic rings. The Bertz CT molecular complexity index is 864. The molecule has 4 heteroatoms. The first-order valence-corrected chi connectivity index (χ1v) is 6.99. The molecule has 0 fully saturated rings. The summed E-state index contributed by atoms with van der Waals surface area (Å²) in [6.07, 6.45) is 3.70. The van der Waals surface area contributed by atoms with Crippen LogP contribution in [0.3, 0.4) is 0 Å². The quantitative estimate of drug-likeness (QED) is 0.509. The van der Waals surface area contributed by atoms with Crippen molar-refractivity contribution in [3.63, 3.8) is 0 Å². The van der Waals surface area contributed by atoms with E-state index in [-0.39, 0.29) is 0 Å². The van der Waals surface area contributed by atoms with Crippen LogP contribution in [0.1, 0.15) is 5.56 Å². The molecule has 0 bridgehead atoms. The lowest BCUT2D eigenvalue weighted by molar-refractivity contribution is 0.945. The van der Waals surface area contributed by atoms with Gasteiger partial charge in [-0.15, -0.1) is 0 Å². The van der Waals surface area contributed by atoms with Crippen molar-refractivity contribution in [3.8, 4) is 0 Å². The van der Waals surface area contributed by atoms with Crippen LogP contribution in [0.2, 0.25) is 5.02 Å². The fraction of sp³-hybridized carbons (Fsp3) is 0.0588. The van der Waals surface area contributed by atoms with Crippen LogP contribution in [0.15, 0.2) is 71.0 Å². The number of aromatic nitrogens is 1. The Hall–Kier alpha value is -2.39. The topological polar surface area (TPSA) is 29.6 Å². The van der Waals surface area contributed by atoms with E-state index in [4.69, 9.17) is 11.6 Å². The summed E-state index contributed by atoms with van der Waals surface area (Å²) in [5.74, 6) is 0. The highest BCUT2D eigenvalue weighted by Gasteiger charge is 1.99. The SMILES string of the molecule is Cn1cc/c(=N\N=C\c2ccccc2)c2ccc(Cl)cc21. The molecule has 0 N–H and O–H groups in total. The molecule has 3 nitrogen and oxygen atoms in total. The zero-order valence-corrected chi connectivity index (χ0v) is 12.3. The average Bonchev–Trinajstić information content (AvgIpc) is 2.51. The van der Waals surface area contributed by atoms with Crippen molar-refractivity contribution in [2.24, 2.45) is 17.3 Å². The van der Waals surface area contributed by atoms with Crippen LogP contribution in [0, 0.1) is 0 Å². The van der Waals surface area contributed by atoms with Gasteiger partial charge in [0.15, 0.2) is 0 Å². The molecule has 21 heavy (non-hydrogen) atoms. The maximum atomic E-state index is 6.05. The number of pyridine rings is 1. The number of benzene rings is 2. The van der Waals surface area contributed by atoms with E-state index in [0.29, 0.717) is 5.02 Å². The van der Waals surface area contributed by atoms with E-state index in [9.17, 15) is 0 Å². The minimum atomic E-state index is 0.711. The number of hydrogen-bond donors (Lipinski definition) is 0. The predicted molar refractivity (Wildman–Crippen MR) is 87.5 cm³/mol. The summed E-state index contributed by atoms with van der Waals surface area (Å²) < 4.78 is 2.02. The predicted octanol–water partition coefficient (Wildman–Crippen LogP) is 3.77. The Morgan fingerprint density at radius 1 is 1.05 bits per heavy atom. The molecule has 104 valence electrons. The Morgan fingerprint density at radius 2 is 1.86 bits per heavy atom. The fourth-order valence-corrected chi connectivity index (χ4v) is 2.32. The van der Waals surface area contributed by atoms with E-state index in [1.165, 1.54) is 0 Å². The van der Waals surface area contributed by atoms with Crippen LogP contribution in [0.4, 0.5) is 0 Å². The summed E-state index contributed by atoms with van der Waals surface area (Å²) in [5.41, 5.74) is 2.05. The van der Waals surface area contributed by atoms with Crippen molar-refractivity contribution in [2.75, 3.05) is 0 Å². The van der Waals surface area contributed by atoms with Gasteiger partial charge in [-0.3, -0.25) is 0 Å². The van der Waals surface area contributed by atoms with Gasteiger partial charge in [0.05, 0.1) is 17.1 Å². The first-order valence-electron chi connectivity index (χ1n) is 6.61. The molecular weight excluding hydrogens is 282 g/mol. The molecule has 0 atom stereocenters. The summed E-state index contributed by atoms with van der Waals surface area (Å²) in [5, 5.41) is 11.0. The third-order valence-corrected chi connectivity index (χ3v) is 3.48. The molecule has 0 saturated heterocycles. The number of nitrogens with zero attached hydrogens (tertiary/aromatic N) is 3. The normalized spacial score (nSPS) is 12.4. The molecule has 0 aliphatic rings. The van der Waals surface area contributed by atoms with Crippen molar-refractivity contribution >= 4 is 28.7 Å². The number of halogens is 1. The number of aryl methyl sites for hydroxylation is 1. The summed E-state index contributed by atoms with van der Waals surface area (Å²) in [6.45, 7) is 0. The van der Waals surface area contributed by atoms with E-state index in [1.54, 1.807) is 6.21 Å². The molecule has 0 saturated carbocycles. The summed E-state index contributed by atoms with van der Waals surface area (Å²) in [4.78, 5) is 0. The van der Waals surface area contributed by atoms with Crippen LogP contribution in [-0.4, -0.2) is 10.8 Å². The van der Waals surface area contributed by atoms with Crippen molar-refractivity contribution in [3.05, 3.63) is 76.7 Å². The van der Waals surface area contributed by atoms with Crippen LogP contribution in [0.25, 0.3) is 10.9 Å². The van der Waals surface area contributed by atoms with E-state index < -0.39 is 0 Å². The lowest BCUT2D eigenvalue weighted by atomic mass is 10.2. The smallest absolute Gasteiger partial charge is 0.0964 e. The van der Waals surface area contributed by atoms with Crippen LogP contribution in [0.5, 0.6) is 0 Å². The molecule has 0 unspecified atom stereocenters. The van der Waals surface area contributed by atoms with Crippen molar-refractivity contribution in [1.29, 1.82) is 0 Å². The Balaban J connectivity index is 2.07.